The zero-order chi connectivity index (χ0) is 15.2. The number of benzene rings is 1. The Bertz CT molecular complexity index is 547. The van der Waals surface area contributed by atoms with E-state index in [2.05, 4.69) is 20.7 Å². The number of hydrogen-bond acceptors (Lipinski definition) is 4. The maximum atomic E-state index is 12.2. The molecule has 5 nitrogen and oxygen atoms in total. The molecule has 20 heavy (non-hydrogen) atoms. The number of methoxy groups -OCH3 is 1. The number of halogens is 1. The van der Waals surface area contributed by atoms with Gasteiger partial charge in [0, 0.05) is 30.4 Å². The van der Waals surface area contributed by atoms with Crippen molar-refractivity contribution in [3.63, 3.8) is 0 Å². The predicted octanol–water partition coefficient (Wildman–Crippen LogP) is 2.43. The predicted molar refractivity (Wildman–Crippen MR) is 84.2 cm³/mol. The lowest BCUT2D eigenvalue weighted by molar-refractivity contribution is 0.192. The fraction of sp³-hybridized carbons (Fsp3) is 0.538. The molecule has 0 saturated heterocycles. The van der Waals surface area contributed by atoms with Crippen molar-refractivity contribution in [1.82, 2.24) is 4.72 Å². The normalized spacial score (nSPS) is 11.8. The molecule has 0 spiro atoms. The number of hydrogen-bond donors (Lipinski definition) is 2. The summed E-state index contributed by atoms with van der Waals surface area (Å²) in [6.07, 6.45) is 2.65. The van der Waals surface area contributed by atoms with Crippen molar-refractivity contribution in [1.29, 1.82) is 0 Å². The molecule has 0 saturated carbocycles. The van der Waals surface area contributed by atoms with Crippen LogP contribution in [0.15, 0.2) is 21.5 Å². The topological polar surface area (TPSA) is 81.4 Å². The van der Waals surface area contributed by atoms with E-state index >= 15 is 0 Å². The van der Waals surface area contributed by atoms with Gasteiger partial charge in [-0.25, -0.2) is 13.1 Å². The van der Waals surface area contributed by atoms with Crippen LogP contribution in [0.5, 0.6) is 0 Å². The summed E-state index contributed by atoms with van der Waals surface area (Å²) in [7, 11) is -1.85. The Hall–Kier alpha value is -0.630. The molecule has 7 heteroatoms. The molecule has 0 aromatic heterocycles. The molecule has 0 fully saturated rings. The van der Waals surface area contributed by atoms with Gasteiger partial charge in [-0.3, -0.25) is 0 Å². The van der Waals surface area contributed by atoms with Gasteiger partial charge >= 0.3 is 0 Å². The first-order valence-electron chi connectivity index (χ1n) is 6.42. The Morgan fingerprint density at radius 3 is 2.65 bits per heavy atom. The molecule has 1 aromatic rings. The van der Waals surface area contributed by atoms with Crippen LogP contribution in [0, 0.1) is 6.92 Å². The molecule has 0 aliphatic carbocycles. The van der Waals surface area contributed by atoms with E-state index in [1.807, 2.05) is 0 Å². The van der Waals surface area contributed by atoms with Crippen LogP contribution in [0.1, 0.15) is 24.8 Å². The number of sulfonamides is 1. The summed E-state index contributed by atoms with van der Waals surface area (Å²) in [5.74, 6) is 0. The first-order valence-corrected chi connectivity index (χ1v) is 8.70. The lowest BCUT2D eigenvalue weighted by Crippen LogP contribution is -2.25. The quantitative estimate of drug-likeness (QED) is 0.548. The Labute approximate surface area is 129 Å². The lowest BCUT2D eigenvalue weighted by atomic mass is 10.2. The van der Waals surface area contributed by atoms with Gasteiger partial charge in [-0.2, -0.15) is 0 Å². The molecule has 0 heterocycles. The molecule has 0 unspecified atom stereocenters. The number of ether oxygens (including phenoxy) is 1. The first-order chi connectivity index (χ1) is 9.38. The molecule has 3 N–H and O–H groups in total. The summed E-state index contributed by atoms with van der Waals surface area (Å²) in [6.45, 7) is 2.87. The fourth-order valence-corrected chi connectivity index (χ4v) is 3.58. The maximum Gasteiger partial charge on any atom is 0.240 e. The number of unbranched alkanes of at least 4 members (excludes halogenated alkanes) is 2. The van der Waals surface area contributed by atoms with Gasteiger partial charge < -0.3 is 10.5 Å². The minimum atomic E-state index is -3.51. The Kier molecular flexibility index (Phi) is 6.94. The van der Waals surface area contributed by atoms with Gasteiger partial charge in [0.05, 0.1) is 4.90 Å². The zero-order valence-electron chi connectivity index (χ0n) is 11.8. The molecule has 1 rings (SSSR count). The van der Waals surface area contributed by atoms with E-state index < -0.39 is 10.0 Å². The third kappa shape index (κ3) is 5.05. The van der Waals surface area contributed by atoms with E-state index in [9.17, 15) is 8.42 Å². The highest BCUT2D eigenvalue weighted by Gasteiger charge is 2.17. The van der Waals surface area contributed by atoms with Crippen LogP contribution < -0.4 is 10.5 Å². The number of nitrogen functional groups attached to an aromatic ring is 1. The fourth-order valence-electron chi connectivity index (χ4n) is 1.79. The van der Waals surface area contributed by atoms with E-state index in [4.69, 9.17) is 10.5 Å². The molecule has 0 aliphatic rings. The van der Waals surface area contributed by atoms with Crippen LogP contribution in [0.2, 0.25) is 0 Å². The van der Waals surface area contributed by atoms with Crippen LogP contribution in [0.25, 0.3) is 0 Å². The van der Waals surface area contributed by atoms with Crippen molar-refractivity contribution >= 4 is 31.6 Å². The third-order valence-corrected chi connectivity index (χ3v) is 5.19. The molecule has 0 atom stereocenters. The highest BCUT2D eigenvalue weighted by molar-refractivity contribution is 9.10. The van der Waals surface area contributed by atoms with Crippen molar-refractivity contribution in [3.05, 3.63) is 22.2 Å². The molecule has 0 amide bonds. The number of rotatable bonds is 8. The zero-order valence-corrected chi connectivity index (χ0v) is 14.2. The van der Waals surface area contributed by atoms with E-state index in [1.165, 1.54) is 6.07 Å². The van der Waals surface area contributed by atoms with Gasteiger partial charge in [0.25, 0.3) is 0 Å². The summed E-state index contributed by atoms with van der Waals surface area (Å²) in [6, 6.07) is 3.19. The smallest absolute Gasteiger partial charge is 0.240 e. The molecule has 1 aromatic carbocycles. The minimum absolute atomic E-state index is 0.232. The summed E-state index contributed by atoms with van der Waals surface area (Å²) >= 11 is 3.28. The van der Waals surface area contributed by atoms with Crippen LogP contribution in [-0.4, -0.2) is 28.7 Å². The number of anilines is 1. The summed E-state index contributed by atoms with van der Waals surface area (Å²) < 4.78 is 32.6. The van der Waals surface area contributed by atoms with E-state index in [1.54, 1.807) is 20.1 Å². The van der Waals surface area contributed by atoms with Crippen molar-refractivity contribution in [2.75, 3.05) is 26.0 Å². The van der Waals surface area contributed by atoms with Crippen LogP contribution in [0.3, 0.4) is 0 Å². The average Bonchev–Trinajstić information content (AvgIpc) is 2.37. The monoisotopic (exact) mass is 364 g/mol. The Balaban J connectivity index is 2.63. The van der Waals surface area contributed by atoms with E-state index in [-0.39, 0.29) is 4.90 Å². The van der Waals surface area contributed by atoms with Crippen molar-refractivity contribution in [2.45, 2.75) is 31.1 Å². The van der Waals surface area contributed by atoms with Gasteiger partial charge in [0.15, 0.2) is 0 Å². The second kappa shape index (κ2) is 7.97. The highest BCUT2D eigenvalue weighted by Crippen LogP contribution is 2.26. The van der Waals surface area contributed by atoms with E-state index in [0.29, 0.717) is 28.9 Å². The molecule has 0 aliphatic heterocycles. The van der Waals surface area contributed by atoms with Crippen molar-refractivity contribution < 1.29 is 13.2 Å². The third-order valence-electron chi connectivity index (χ3n) is 2.90. The van der Waals surface area contributed by atoms with Gasteiger partial charge in [-0.15, -0.1) is 0 Å². The molecule has 114 valence electrons. The number of aryl methyl sites for hydroxylation is 1. The van der Waals surface area contributed by atoms with Crippen molar-refractivity contribution in [2.24, 2.45) is 0 Å². The van der Waals surface area contributed by atoms with Crippen LogP contribution in [-0.2, 0) is 14.8 Å². The van der Waals surface area contributed by atoms with Crippen LogP contribution >= 0.6 is 15.9 Å². The van der Waals surface area contributed by atoms with Gasteiger partial charge in [0.1, 0.15) is 0 Å². The van der Waals surface area contributed by atoms with E-state index in [0.717, 1.165) is 19.3 Å². The minimum Gasteiger partial charge on any atom is -0.398 e. The summed E-state index contributed by atoms with van der Waals surface area (Å²) in [5.41, 5.74) is 6.82. The molecular weight excluding hydrogens is 344 g/mol. The molecular formula is C13H21BrN2O3S. The molecule has 0 bridgehead atoms. The van der Waals surface area contributed by atoms with Crippen LogP contribution in [0.4, 0.5) is 5.69 Å². The van der Waals surface area contributed by atoms with Gasteiger partial charge in [-0.05, 0) is 59.8 Å². The average molecular weight is 365 g/mol. The van der Waals surface area contributed by atoms with Gasteiger partial charge in [-0.1, -0.05) is 0 Å². The lowest BCUT2D eigenvalue weighted by Gasteiger charge is -2.11. The largest absolute Gasteiger partial charge is 0.398 e. The number of nitrogens with two attached hydrogens (primary N) is 1. The summed E-state index contributed by atoms with van der Waals surface area (Å²) in [5, 5.41) is 0. The van der Waals surface area contributed by atoms with Gasteiger partial charge in [0.2, 0.25) is 10.0 Å². The van der Waals surface area contributed by atoms with Crippen molar-refractivity contribution in [3.8, 4) is 0 Å². The second-order valence-electron chi connectivity index (χ2n) is 4.59. The highest BCUT2D eigenvalue weighted by atomic mass is 79.9. The Morgan fingerprint density at radius 1 is 1.30 bits per heavy atom. The second-order valence-corrected chi connectivity index (χ2v) is 7.18. The standard InChI is InChI=1S/C13H21BrN2O3S/c1-10-8-11(14)12(15)9-13(10)20(17,18)16-6-4-3-5-7-19-2/h8-9,16H,3-7,15H2,1-2H3. The Morgan fingerprint density at radius 2 is 2.00 bits per heavy atom. The summed E-state index contributed by atoms with van der Waals surface area (Å²) in [4.78, 5) is 0.232. The first kappa shape index (κ1) is 17.4. The maximum absolute atomic E-state index is 12.2. The molecule has 0 radical (unpaired) electrons. The number of nitrogens with one attached hydrogen (secondary N) is 1. The SMILES string of the molecule is COCCCCCNS(=O)(=O)c1cc(N)c(Br)cc1C.